The van der Waals surface area contributed by atoms with Crippen LogP contribution in [0.2, 0.25) is 5.02 Å². The van der Waals surface area contributed by atoms with Gasteiger partial charge in [0.05, 0.1) is 11.7 Å². The van der Waals surface area contributed by atoms with Crippen LogP contribution in [0.25, 0.3) is 0 Å². The van der Waals surface area contributed by atoms with Gasteiger partial charge in [-0.25, -0.2) is 0 Å². The van der Waals surface area contributed by atoms with Gasteiger partial charge in [-0.05, 0) is 55.0 Å². The molecule has 2 rings (SSSR count). The molecule has 2 N–H and O–H groups in total. The third-order valence-electron chi connectivity index (χ3n) is 4.29. The molecule has 0 bridgehead atoms. The SMILES string of the molecule is C=C(Nc1ccc(Cl)cc1C)C(=O)NC(CCC(C)C)c1ccccc1. The summed E-state index contributed by atoms with van der Waals surface area (Å²) in [6, 6.07) is 15.5. The second-order valence-corrected chi connectivity index (χ2v) is 7.41. The predicted molar refractivity (Wildman–Crippen MR) is 110 cm³/mol. The Kier molecular flexibility index (Phi) is 7.28. The summed E-state index contributed by atoms with van der Waals surface area (Å²) in [6.07, 6.45) is 1.93. The fraction of sp³-hybridized carbons (Fsp3) is 0.318. The largest absolute Gasteiger partial charge is 0.351 e. The molecule has 0 aliphatic rings. The molecule has 0 spiro atoms. The predicted octanol–water partition coefficient (Wildman–Crippen LogP) is 5.87. The van der Waals surface area contributed by atoms with Gasteiger partial charge in [0.1, 0.15) is 0 Å². The molecule has 2 aromatic rings. The first-order valence-electron chi connectivity index (χ1n) is 8.94. The highest BCUT2D eigenvalue weighted by atomic mass is 35.5. The number of anilines is 1. The molecule has 0 saturated carbocycles. The lowest BCUT2D eigenvalue weighted by Crippen LogP contribution is -2.32. The van der Waals surface area contributed by atoms with Crippen LogP contribution in [-0.2, 0) is 4.79 Å². The summed E-state index contributed by atoms with van der Waals surface area (Å²) in [7, 11) is 0. The van der Waals surface area contributed by atoms with Crippen LogP contribution in [-0.4, -0.2) is 5.91 Å². The summed E-state index contributed by atoms with van der Waals surface area (Å²) >= 11 is 5.98. The van der Waals surface area contributed by atoms with Crippen molar-refractivity contribution in [2.24, 2.45) is 5.92 Å². The summed E-state index contributed by atoms with van der Waals surface area (Å²) in [5.41, 5.74) is 3.22. The van der Waals surface area contributed by atoms with Gasteiger partial charge in [-0.3, -0.25) is 4.79 Å². The zero-order chi connectivity index (χ0) is 19.1. The minimum Gasteiger partial charge on any atom is -0.351 e. The molecule has 0 heterocycles. The van der Waals surface area contributed by atoms with E-state index in [0.717, 1.165) is 29.7 Å². The quantitative estimate of drug-likeness (QED) is 0.570. The van der Waals surface area contributed by atoms with Crippen molar-refractivity contribution in [3.05, 3.63) is 77.0 Å². The van der Waals surface area contributed by atoms with Crippen molar-refractivity contribution in [1.82, 2.24) is 5.32 Å². The molecule has 26 heavy (non-hydrogen) atoms. The Morgan fingerprint density at radius 3 is 2.42 bits per heavy atom. The summed E-state index contributed by atoms with van der Waals surface area (Å²) < 4.78 is 0. The lowest BCUT2D eigenvalue weighted by Gasteiger charge is -2.21. The summed E-state index contributed by atoms with van der Waals surface area (Å²) in [6.45, 7) is 10.2. The third kappa shape index (κ3) is 5.92. The van der Waals surface area contributed by atoms with Gasteiger partial charge in [0.2, 0.25) is 0 Å². The molecular formula is C22H27ClN2O. The number of carbonyl (C=O) groups excluding carboxylic acids is 1. The Hall–Kier alpha value is -2.26. The minimum atomic E-state index is -0.197. The van der Waals surface area contributed by atoms with Crippen LogP contribution < -0.4 is 10.6 Å². The number of aryl methyl sites for hydroxylation is 1. The maximum atomic E-state index is 12.7. The second-order valence-electron chi connectivity index (χ2n) is 6.97. The number of hydrogen-bond acceptors (Lipinski definition) is 2. The summed E-state index contributed by atoms with van der Waals surface area (Å²) in [5, 5.41) is 6.87. The van der Waals surface area contributed by atoms with E-state index in [1.165, 1.54) is 0 Å². The molecule has 1 unspecified atom stereocenters. The fourth-order valence-electron chi connectivity index (χ4n) is 2.74. The van der Waals surface area contributed by atoms with Gasteiger partial charge in [-0.2, -0.15) is 0 Å². The number of benzene rings is 2. The van der Waals surface area contributed by atoms with Crippen LogP contribution in [0.1, 0.15) is 43.9 Å². The number of hydrogen-bond donors (Lipinski definition) is 2. The number of amides is 1. The highest BCUT2D eigenvalue weighted by Crippen LogP contribution is 2.23. The molecule has 0 aliphatic carbocycles. The zero-order valence-electron chi connectivity index (χ0n) is 15.7. The Labute approximate surface area is 161 Å². The standard InChI is InChI=1S/C22H27ClN2O/c1-15(2)10-12-21(18-8-6-5-7-9-18)25-22(26)17(4)24-20-13-11-19(23)14-16(20)3/h5-9,11,13-15,21,24H,4,10,12H2,1-3H3,(H,25,26). The molecule has 0 radical (unpaired) electrons. The van der Waals surface area contributed by atoms with E-state index in [2.05, 4.69) is 31.1 Å². The zero-order valence-corrected chi connectivity index (χ0v) is 16.4. The first kappa shape index (κ1) is 20.1. The van der Waals surface area contributed by atoms with Crippen LogP contribution in [0.5, 0.6) is 0 Å². The lowest BCUT2D eigenvalue weighted by molar-refractivity contribution is -0.118. The van der Waals surface area contributed by atoms with Crippen LogP contribution in [0.3, 0.4) is 0 Å². The molecule has 4 heteroatoms. The van der Waals surface area contributed by atoms with E-state index in [1.807, 2.05) is 49.4 Å². The maximum absolute atomic E-state index is 12.7. The Morgan fingerprint density at radius 2 is 1.81 bits per heavy atom. The number of halogens is 1. The Balaban J connectivity index is 2.06. The lowest BCUT2D eigenvalue weighted by atomic mass is 9.97. The van der Waals surface area contributed by atoms with Gasteiger partial charge in [-0.1, -0.05) is 62.4 Å². The van der Waals surface area contributed by atoms with Crippen molar-refractivity contribution in [2.75, 3.05) is 5.32 Å². The van der Waals surface area contributed by atoms with Gasteiger partial charge in [0.25, 0.3) is 5.91 Å². The van der Waals surface area contributed by atoms with Gasteiger partial charge in [0.15, 0.2) is 0 Å². The maximum Gasteiger partial charge on any atom is 0.267 e. The van der Waals surface area contributed by atoms with E-state index in [1.54, 1.807) is 6.07 Å². The van der Waals surface area contributed by atoms with E-state index in [0.29, 0.717) is 16.6 Å². The van der Waals surface area contributed by atoms with Crippen molar-refractivity contribution < 1.29 is 4.79 Å². The van der Waals surface area contributed by atoms with Gasteiger partial charge in [-0.15, -0.1) is 0 Å². The number of rotatable bonds is 8. The van der Waals surface area contributed by atoms with Crippen LogP contribution in [0, 0.1) is 12.8 Å². The molecule has 0 aromatic heterocycles. The van der Waals surface area contributed by atoms with Crippen LogP contribution >= 0.6 is 11.6 Å². The molecule has 0 saturated heterocycles. The fourth-order valence-corrected chi connectivity index (χ4v) is 2.97. The monoisotopic (exact) mass is 370 g/mol. The van der Waals surface area contributed by atoms with E-state index in [-0.39, 0.29) is 11.9 Å². The molecule has 0 aliphatic heterocycles. The molecule has 1 amide bonds. The van der Waals surface area contributed by atoms with Crippen LogP contribution in [0.4, 0.5) is 5.69 Å². The van der Waals surface area contributed by atoms with Crippen molar-refractivity contribution in [3.63, 3.8) is 0 Å². The molecular weight excluding hydrogens is 344 g/mol. The van der Waals surface area contributed by atoms with Crippen molar-refractivity contribution >= 4 is 23.2 Å². The second kappa shape index (κ2) is 9.44. The van der Waals surface area contributed by atoms with Gasteiger partial charge in [0, 0.05) is 10.7 Å². The summed E-state index contributed by atoms with van der Waals surface area (Å²) in [5.74, 6) is 0.383. The smallest absolute Gasteiger partial charge is 0.267 e. The van der Waals surface area contributed by atoms with E-state index in [4.69, 9.17) is 11.6 Å². The van der Waals surface area contributed by atoms with Crippen molar-refractivity contribution in [1.29, 1.82) is 0 Å². The number of nitrogens with one attached hydrogen (secondary N) is 2. The normalized spacial score (nSPS) is 11.9. The van der Waals surface area contributed by atoms with E-state index < -0.39 is 0 Å². The molecule has 3 nitrogen and oxygen atoms in total. The van der Waals surface area contributed by atoms with Crippen molar-refractivity contribution in [2.45, 2.75) is 39.7 Å². The van der Waals surface area contributed by atoms with E-state index in [9.17, 15) is 4.79 Å². The first-order chi connectivity index (χ1) is 12.4. The average molecular weight is 371 g/mol. The Morgan fingerprint density at radius 1 is 1.12 bits per heavy atom. The topological polar surface area (TPSA) is 41.1 Å². The van der Waals surface area contributed by atoms with E-state index >= 15 is 0 Å². The molecule has 1 atom stereocenters. The average Bonchev–Trinajstić information content (AvgIpc) is 2.61. The number of carbonyl (C=O) groups is 1. The molecule has 138 valence electrons. The highest BCUT2D eigenvalue weighted by Gasteiger charge is 2.17. The molecule has 2 aromatic carbocycles. The third-order valence-corrected chi connectivity index (χ3v) is 4.52. The van der Waals surface area contributed by atoms with Gasteiger partial charge < -0.3 is 10.6 Å². The first-order valence-corrected chi connectivity index (χ1v) is 9.32. The Bertz CT molecular complexity index is 756. The minimum absolute atomic E-state index is 0.0315. The summed E-state index contributed by atoms with van der Waals surface area (Å²) in [4.78, 5) is 12.7. The molecule has 0 fully saturated rings. The van der Waals surface area contributed by atoms with Crippen molar-refractivity contribution in [3.8, 4) is 0 Å². The van der Waals surface area contributed by atoms with Gasteiger partial charge >= 0.3 is 0 Å². The van der Waals surface area contributed by atoms with Crippen LogP contribution in [0.15, 0.2) is 60.8 Å². The highest BCUT2D eigenvalue weighted by molar-refractivity contribution is 6.30.